The highest BCUT2D eigenvalue weighted by Crippen LogP contribution is 2.57. The molecule has 4 bridgehead atoms. The fourth-order valence-electron chi connectivity index (χ4n) is 5.21. The van der Waals surface area contributed by atoms with Crippen LogP contribution in [0.4, 0.5) is 0 Å². The van der Waals surface area contributed by atoms with Crippen molar-refractivity contribution in [3.05, 3.63) is 29.8 Å². The number of ether oxygens (including phenoxy) is 1. The van der Waals surface area contributed by atoms with Crippen LogP contribution >= 0.6 is 0 Å². The van der Waals surface area contributed by atoms with Crippen LogP contribution in [0.2, 0.25) is 0 Å². The van der Waals surface area contributed by atoms with Gasteiger partial charge in [0.05, 0.1) is 0 Å². The van der Waals surface area contributed by atoms with E-state index in [-0.39, 0.29) is 23.1 Å². The molecule has 4 saturated carbocycles. The zero-order chi connectivity index (χ0) is 16.0. The average Bonchev–Trinajstić information content (AvgIpc) is 2.46. The first-order valence-electron chi connectivity index (χ1n) is 8.44. The molecular weight excluding hydrogens is 292 g/mol. The SMILES string of the molecule is O=C(/C=C/c1ccc(O)c(O)c1)OC12CC3CC(CC(C3)C1)C2. The molecule has 1 aromatic rings. The lowest BCUT2D eigenvalue weighted by Gasteiger charge is -2.55. The van der Waals surface area contributed by atoms with Gasteiger partial charge >= 0.3 is 5.97 Å². The topological polar surface area (TPSA) is 66.8 Å². The van der Waals surface area contributed by atoms with E-state index in [1.165, 1.54) is 37.5 Å². The Morgan fingerprint density at radius 2 is 1.65 bits per heavy atom. The van der Waals surface area contributed by atoms with E-state index in [0.29, 0.717) is 5.56 Å². The minimum absolute atomic E-state index is 0.168. The first kappa shape index (κ1) is 14.6. The number of aromatic hydroxyl groups is 2. The Morgan fingerprint density at radius 3 is 2.22 bits per heavy atom. The van der Waals surface area contributed by atoms with Crippen molar-refractivity contribution >= 4 is 12.0 Å². The number of benzene rings is 1. The van der Waals surface area contributed by atoms with Gasteiger partial charge in [0.15, 0.2) is 11.5 Å². The Bertz CT molecular complexity index is 626. The lowest BCUT2D eigenvalue weighted by Crippen LogP contribution is -2.52. The zero-order valence-electron chi connectivity index (χ0n) is 13.1. The molecule has 0 saturated heterocycles. The van der Waals surface area contributed by atoms with Crippen LogP contribution < -0.4 is 0 Å². The first-order chi connectivity index (χ1) is 11.0. The second-order valence-corrected chi connectivity index (χ2v) is 7.60. The summed E-state index contributed by atoms with van der Waals surface area (Å²) in [5, 5.41) is 18.8. The Balaban J connectivity index is 1.44. The minimum atomic E-state index is -0.306. The number of esters is 1. The van der Waals surface area contributed by atoms with E-state index in [4.69, 9.17) is 4.74 Å². The molecule has 4 aliphatic rings. The van der Waals surface area contributed by atoms with E-state index in [1.807, 2.05) is 0 Å². The molecule has 122 valence electrons. The fourth-order valence-corrected chi connectivity index (χ4v) is 5.21. The molecule has 4 nitrogen and oxygen atoms in total. The fraction of sp³-hybridized carbons (Fsp3) is 0.526. The summed E-state index contributed by atoms with van der Waals surface area (Å²) in [5.41, 5.74) is 0.426. The summed E-state index contributed by atoms with van der Waals surface area (Å²) in [6, 6.07) is 4.47. The van der Waals surface area contributed by atoms with Crippen LogP contribution in [0.25, 0.3) is 6.08 Å². The molecule has 2 N–H and O–H groups in total. The third kappa shape index (κ3) is 2.82. The van der Waals surface area contributed by atoms with E-state index >= 15 is 0 Å². The normalized spacial score (nSPS) is 34.9. The van der Waals surface area contributed by atoms with Gasteiger partial charge in [-0.15, -0.1) is 0 Å². The number of carbonyl (C=O) groups excluding carboxylic acids is 1. The largest absolute Gasteiger partial charge is 0.504 e. The van der Waals surface area contributed by atoms with Crippen molar-refractivity contribution in [3.8, 4) is 11.5 Å². The van der Waals surface area contributed by atoms with Gasteiger partial charge in [0.1, 0.15) is 5.60 Å². The molecule has 0 aliphatic heterocycles. The van der Waals surface area contributed by atoms with Crippen LogP contribution in [0.15, 0.2) is 24.3 Å². The summed E-state index contributed by atoms with van der Waals surface area (Å²) in [5.74, 6) is 1.56. The summed E-state index contributed by atoms with van der Waals surface area (Å²) in [7, 11) is 0. The highest BCUT2D eigenvalue weighted by atomic mass is 16.6. The van der Waals surface area contributed by atoms with Crippen molar-refractivity contribution < 1.29 is 19.7 Å². The smallest absolute Gasteiger partial charge is 0.331 e. The molecule has 4 heteroatoms. The maximum atomic E-state index is 12.2. The third-order valence-corrected chi connectivity index (χ3v) is 5.71. The van der Waals surface area contributed by atoms with Gasteiger partial charge < -0.3 is 14.9 Å². The average molecular weight is 314 g/mol. The van der Waals surface area contributed by atoms with Gasteiger partial charge in [-0.25, -0.2) is 4.79 Å². The Hall–Kier alpha value is -1.97. The number of phenols is 2. The summed E-state index contributed by atoms with van der Waals surface area (Å²) >= 11 is 0. The quantitative estimate of drug-likeness (QED) is 0.508. The van der Waals surface area contributed by atoms with Crippen molar-refractivity contribution in [2.45, 2.75) is 44.1 Å². The minimum Gasteiger partial charge on any atom is -0.504 e. The summed E-state index contributed by atoms with van der Waals surface area (Å²) < 4.78 is 5.89. The van der Waals surface area contributed by atoms with Crippen LogP contribution in [0.5, 0.6) is 11.5 Å². The summed E-state index contributed by atoms with van der Waals surface area (Å²) in [6.45, 7) is 0. The van der Waals surface area contributed by atoms with Gasteiger partial charge in [0.2, 0.25) is 0 Å². The van der Waals surface area contributed by atoms with Crippen molar-refractivity contribution in [2.24, 2.45) is 17.8 Å². The highest BCUT2D eigenvalue weighted by molar-refractivity contribution is 5.87. The highest BCUT2D eigenvalue weighted by Gasteiger charge is 2.53. The number of phenolic OH excluding ortho intramolecular Hbond substituents is 2. The predicted molar refractivity (Wildman–Crippen MR) is 85.8 cm³/mol. The standard InChI is InChI=1S/C19H22O4/c20-16-3-1-12(8-17(16)21)2-4-18(22)23-19-9-13-5-14(10-19)7-15(6-13)11-19/h1-4,8,13-15,20-21H,5-7,9-11H2/b4-2+. The molecule has 23 heavy (non-hydrogen) atoms. The van der Waals surface area contributed by atoms with E-state index in [0.717, 1.165) is 37.0 Å². The monoisotopic (exact) mass is 314 g/mol. The van der Waals surface area contributed by atoms with Crippen molar-refractivity contribution in [1.29, 1.82) is 0 Å². The Kier molecular flexibility index (Phi) is 3.36. The molecule has 0 amide bonds. The van der Waals surface area contributed by atoms with Crippen molar-refractivity contribution in [3.63, 3.8) is 0 Å². The molecule has 4 aliphatic carbocycles. The predicted octanol–water partition coefficient (Wildman–Crippen LogP) is 3.62. The van der Waals surface area contributed by atoms with Gasteiger partial charge in [-0.3, -0.25) is 0 Å². The molecule has 1 aromatic carbocycles. The summed E-state index contributed by atoms with van der Waals surface area (Å²) in [6.07, 6.45) is 10.1. The first-order valence-corrected chi connectivity index (χ1v) is 8.44. The lowest BCUT2D eigenvalue weighted by molar-refractivity contribution is -0.181. The molecule has 0 aromatic heterocycles. The van der Waals surface area contributed by atoms with E-state index < -0.39 is 0 Å². The van der Waals surface area contributed by atoms with Gasteiger partial charge in [-0.1, -0.05) is 6.07 Å². The van der Waals surface area contributed by atoms with Crippen LogP contribution in [0, 0.1) is 17.8 Å². The van der Waals surface area contributed by atoms with Crippen LogP contribution in [0.1, 0.15) is 44.1 Å². The number of hydrogen-bond acceptors (Lipinski definition) is 4. The van der Waals surface area contributed by atoms with Gasteiger partial charge in [-0.2, -0.15) is 0 Å². The van der Waals surface area contributed by atoms with Crippen LogP contribution in [-0.4, -0.2) is 21.8 Å². The number of hydrogen-bond donors (Lipinski definition) is 2. The van der Waals surface area contributed by atoms with E-state index in [1.54, 1.807) is 12.1 Å². The van der Waals surface area contributed by atoms with Gasteiger partial charge in [0, 0.05) is 6.08 Å². The number of carbonyl (C=O) groups is 1. The number of rotatable bonds is 3. The second-order valence-electron chi connectivity index (χ2n) is 7.60. The van der Waals surface area contributed by atoms with Crippen LogP contribution in [0.3, 0.4) is 0 Å². The molecule has 0 unspecified atom stereocenters. The molecule has 4 fully saturated rings. The molecule has 0 spiro atoms. The molecule has 5 rings (SSSR count). The maximum absolute atomic E-state index is 12.2. The second kappa shape index (κ2) is 5.29. The van der Waals surface area contributed by atoms with E-state index in [2.05, 4.69) is 0 Å². The maximum Gasteiger partial charge on any atom is 0.331 e. The Labute approximate surface area is 135 Å². The third-order valence-electron chi connectivity index (χ3n) is 5.71. The molecule has 0 radical (unpaired) electrons. The molecular formula is C19H22O4. The van der Waals surface area contributed by atoms with Crippen molar-refractivity contribution in [1.82, 2.24) is 0 Å². The van der Waals surface area contributed by atoms with Crippen LogP contribution in [-0.2, 0) is 9.53 Å². The molecule has 0 atom stereocenters. The Morgan fingerprint density at radius 1 is 1.04 bits per heavy atom. The van der Waals surface area contributed by atoms with E-state index in [9.17, 15) is 15.0 Å². The summed E-state index contributed by atoms with van der Waals surface area (Å²) in [4.78, 5) is 12.2. The van der Waals surface area contributed by atoms with Gasteiger partial charge in [0.25, 0.3) is 0 Å². The zero-order valence-corrected chi connectivity index (χ0v) is 13.1. The van der Waals surface area contributed by atoms with Crippen molar-refractivity contribution in [2.75, 3.05) is 0 Å². The van der Waals surface area contributed by atoms with Gasteiger partial charge in [-0.05, 0) is 80.1 Å². The lowest BCUT2D eigenvalue weighted by atomic mass is 9.54. The molecule has 0 heterocycles.